The van der Waals surface area contributed by atoms with Crippen molar-refractivity contribution >= 4 is 5.91 Å². The number of amides is 1. The molecule has 7 nitrogen and oxygen atoms in total. The number of ether oxygens (including phenoxy) is 2. The molecule has 3 aromatic rings. The van der Waals surface area contributed by atoms with Crippen molar-refractivity contribution < 1.29 is 23.8 Å². The molecule has 31 heavy (non-hydrogen) atoms. The Hall–Kier alpha value is -3.32. The van der Waals surface area contributed by atoms with Crippen molar-refractivity contribution in [2.45, 2.75) is 19.3 Å². The molecule has 0 aliphatic carbocycles. The SMILES string of the molecule is COc1ccc(-c2nc(C(=O)N3CCCCC3)oc2-c2ccc(OCCO)cc2)cc1. The van der Waals surface area contributed by atoms with Crippen LogP contribution in [0.5, 0.6) is 11.5 Å². The normalized spacial score (nSPS) is 13.8. The van der Waals surface area contributed by atoms with Crippen molar-refractivity contribution in [3.05, 3.63) is 54.4 Å². The molecular weight excluding hydrogens is 396 g/mol. The number of nitrogens with zero attached hydrogens (tertiary/aromatic N) is 2. The maximum atomic E-state index is 13.0. The lowest BCUT2D eigenvalue weighted by atomic mass is 10.1. The van der Waals surface area contributed by atoms with E-state index >= 15 is 0 Å². The highest BCUT2D eigenvalue weighted by molar-refractivity contribution is 5.92. The summed E-state index contributed by atoms with van der Waals surface area (Å²) in [5.41, 5.74) is 2.22. The van der Waals surface area contributed by atoms with Crippen LogP contribution in [0.4, 0.5) is 0 Å². The highest BCUT2D eigenvalue weighted by Crippen LogP contribution is 2.35. The number of aliphatic hydroxyl groups excluding tert-OH is 1. The Kier molecular flexibility index (Phi) is 6.52. The number of piperidine rings is 1. The Bertz CT molecular complexity index is 1010. The smallest absolute Gasteiger partial charge is 0.309 e. The molecule has 0 bridgehead atoms. The number of carbonyl (C=O) groups excluding carboxylic acids is 1. The molecule has 0 atom stereocenters. The summed E-state index contributed by atoms with van der Waals surface area (Å²) in [6.45, 7) is 1.64. The molecule has 0 spiro atoms. The van der Waals surface area contributed by atoms with Gasteiger partial charge in [-0.05, 0) is 67.8 Å². The Morgan fingerprint density at radius 3 is 2.29 bits per heavy atom. The van der Waals surface area contributed by atoms with Gasteiger partial charge in [-0.3, -0.25) is 4.79 Å². The molecular formula is C24H26N2O5. The van der Waals surface area contributed by atoms with Crippen LogP contribution >= 0.6 is 0 Å². The van der Waals surface area contributed by atoms with E-state index in [2.05, 4.69) is 4.98 Å². The third kappa shape index (κ3) is 4.72. The number of aromatic nitrogens is 1. The van der Waals surface area contributed by atoms with Gasteiger partial charge in [-0.2, -0.15) is 0 Å². The molecule has 1 saturated heterocycles. The molecule has 2 aromatic carbocycles. The summed E-state index contributed by atoms with van der Waals surface area (Å²) in [4.78, 5) is 19.4. The summed E-state index contributed by atoms with van der Waals surface area (Å²) in [5, 5.41) is 8.93. The van der Waals surface area contributed by atoms with Gasteiger partial charge in [-0.25, -0.2) is 4.98 Å². The van der Waals surface area contributed by atoms with E-state index in [1.807, 2.05) is 41.3 Å². The fourth-order valence-corrected chi connectivity index (χ4v) is 3.65. The molecule has 1 amide bonds. The molecule has 1 aromatic heterocycles. The minimum Gasteiger partial charge on any atom is -0.497 e. The van der Waals surface area contributed by atoms with E-state index in [4.69, 9.17) is 19.0 Å². The molecule has 7 heteroatoms. The molecule has 2 heterocycles. The van der Waals surface area contributed by atoms with Crippen molar-refractivity contribution in [1.82, 2.24) is 9.88 Å². The second kappa shape index (κ2) is 9.66. The number of hydrogen-bond acceptors (Lipinski definition) is 6. The minimum absolute atomic E-state index is 0.0482. The van der Waals surface area contributed by atoms with Gasteiger partial charge in [-0.1, -0.05) is 0 Å². The monoisotopic (exact) mass is 422 g/mol. The summed E-state index contributed by atoms with van der Waals surface area (Å²) in [5.74, 6) is 1.84. The molecule has 0 unspecified atom stereocenters. The van der Waals surface area contributed by atoms with E-state index in [9.17, 15) is 4.79 Å². The fraction of sp³-hybridized carbons (Fsp3) is 0.333. The lowest BCUT2D eigenvalue weighted by molar-refractivity contribution is 0.0685. The van der Waals surface area contributed by atoms with Crippen LogP contribution in [-0.2, 0) is 0 Å². The first-order valence-electron chi connectivity index (χ1n) is 10.5. The van der Waals surface area contributed by atoms with Crippen molar-refractivity contribution in [3.8, 4) is 34.1 Å². The lowest BCUT2D eigenvalue weighted by Gasteiger charge is -2.25. The highest BCUT2D eigenvalue weighted by atomic mass is 16.5. The van der Waals surface area contributed by atoms with E-state index in [1.54, 1.807) is 19.2 Å². The van der Waals surface area contributed by atoms with Crippen LogP contribution in [0.2, 0.25) is 0 Å². The highest BCUT2D eigenvalue weighted by Gasteiger charge is 2.26. The van der Waals surface area contributed by atoms with E-state index in [0.717, 1.165) is 49.2 Å². The molecule has 4 rings (SSSR count). The number of oxazole rings is 1. The molecule has 1 fully saturated rings. The fourth-order valence-electron chi connectivity index (χ4n) is 3.65. The van der Waals surface area contributed by atoms with Gasteiger partial charge in [0.2, 0.25) is 0 Å². The van der Waals surface area contributed by atoms with E-state index in [-0.39, 0.29) is 25.0 Å². The first-order chi connectivity index (χ1) is 15.2. The first-order valence-corrected chi connectivity index (χ1v) is 10.5. The molecule has 1 aliphatic heterocycles. The molecule has 1 aliphatic rings. The van der Waals surface area contributed by atoms with Crippen LogP contribution in [0.3, 0.4) is 0 Å². The number of benzene rings is 2. The summed E-state index contributed by atoms with van der Waals surface area (Å²) in [7, 11) is 1.62. The Morgan fingerprint density at radius 2 is 1.65 bits per heavy atom. The average molecular weight is 422 g/mol. The van der Waals surface area contributed by atoms with Crippen molar-refractivity contribution in [2.75, 3.05) is 33.4 Å². The van der Waals surface area contributed by atoms with Gasteiger partial charge < -0.3 is 23.9 Å². The van der Waals surface area contributed by atoms with Gasteiger partial charge in [0.05, 0.1) is 13.7 Å². The van der Waals surface area contributed by atoms with Crippen LogP contribution in [0, 0.1) is 0 Å². The first kappa shape index (κ1) is 20.9. The minimum atomic E-state index is -0.177. The van der Waals surface area contributed by atoms with Gasteiger partial charge in [0, 0.05) is 24.2 Å². The van der Waals surface area contributed by atoms with Gasteiger partial charge in [-0.15, -0.1) is 0 Å². The number of rotatable bonds is 7. The Morgan fingerprint density at radius 1 is 1.00 bits per heavy atom. The number of methoxy groups -OCH3 is 1. The summed E-state index contributed by atoms with van der Waals surface area (Å²) >= 11 is 0. The maximum absolute atomic E-state index is 13.0. The van der Waals surface area contributed by atoms with E-state index in [0.29, 0.717) is 17.2 Å². The van der Waals surface area contributed by atoms with Gasteiger partial charge >= 0.3 is 5.91 Å². The van der Waals surface area contributed by atoms with Gasteiger partial charge in [0.1, 0.15) is 23.8 Å². The summed E-state index contributed by atoms with van der Waals surface area (Å²) in [6.07, 6.45) is 3.14. The second-order valence-corrected chi connectivity index (χ2v) is 7.37. The van der Waals surface area contributed by atoms with Crippen LogP contribution in [0.15, 0.2) is 52.9 Å². The maximum Gasteiger partial charge on any atom is 0.309 e. The molecule has 1 N–H and O–H groups in total. The third-order valence-corrected chi connectivity index (χ3v) is 5.29. The molecule has 0 saturated carbocycles. The zero-order valence-electron chi connectivity index (χ0n) is 17.5. The molecule has 0 radical (unpaired) electrons. The third-order valence-electron chi connectivity index (χ3n) is 5.29. The average Bonchev–Trinajstić information content (AvgIpc) is 3.28. The van der Waals surface area contributed by atoms with Crippen molar-refractivity contribution in [1.29, 1.82) is 0 Å². The van der Waals surface area contributed by atoms with E-state index in [1.165, 1.54) is 0 Å². The van der Waals surface area contributed by atoms with Crippen LogP contribution in [0.25, 0.3) is 22.6 Å². The summed E-state index contributed by atoms with van der Waals surface area (Å²) in [6, 6.07) is 14.8. The number of likely N-dealkylation sites (tertiary alicyclic amines) is 1. The predicted octanol–water partition coefficient (Wildman–Crippen LogP) is 4.01. The van der Waals surface area contributed by atoms with Crippen LogP contribution in [-0.4, -0.2) is 54.3 Å². The molecule has 162 valence electrons. The zero-order chi connectivity index (χ0) is 21.6. The zero-order valence-corrected chi connectivity index (χ0v) is 17.5. The summed E-state index contributed by atoms with van der Waals surface area (Å²) < 4.78 is 16.7. The number of carbonyl (C=O) groups is 1. The van der Waals surface area contributed by atoms with Gasteiger partial charge in [0.25, 0.3) is 5.89 Å². The van der Waals surface area contributed by atoms with Crippen LogP contribution < -0.4 is 9.47 Å². The van der Waals surface area contributed by atoms with E-state index < -0.39 is 0 Å². The van der Waals surface area contributed by atoms with Crippen molar-refractivity contribution in [3.63, 3.8) is 0 Å². The van der Waals surface area contributed by atoms with Crippen LogP contribution in [0.1, 0.15) is 29.9 Å². The Labute approximate surface area is 181 Å². The number of hydrogen-bond donors (Lipinski definition) is 1. The number of aliphatic hydroxyl groups is 1. The second-order valence-electron chi connectivity index (χ2n) is 7.37. The topological polar surface area (TPSA) is 85.0 Å². The standard InChI is InChI=1S/C24H26N2O5/c1-29-19-9-5-17(6-10-19)21-22(18-7-11-20(12-8-18)30-16-15-27)31-23(25-21)24(28)26-13-3-2-4-14-26/h5-12,27H,2-4,13-16H2,1H3. The van der Waals surface area contributed by atoms with Gasteiger partial charge in [0.15, 0.2) is 5.76 Å². The Balaban J connectivity index is 1.70. The predicted molar refractivity (Wildman–Crippen MR) is 116 cm³/mol. The largest absolute Gasteiger partial charge is 0.497 e. The van der Waals surface area contributed by atoms with Crippen molar-refractivity contribution in [2.24, 2.45) is 0 Å². The quantitative estimate of drug-likeness (QED) is 0.619. The lowest BCUT2D eigenvalue weighted by Crippen LogP contribution is -2.35.